The van der Waals surface area contributed by atoms with Crippen molar-refractivity contribution in [3.8, 4) is 6.07 Å². The molecule has 0 atom stereocenters. The lowest BCUT2D eigenvalue weighted by molar-refractivity contribution is 0.410. The van der Waals surface area contributed by atoms with Crippen molar-refractivity contribution in [2.45, 2.75) is 37.8 Å². The van der Waals surface area contributed by atoms with Crippen molar-refractivity contribution in [1.82, 2.24) is 4.98 Å². The third-order valence-electron chi connectivity index (χ3n) is 3.04. The largest absolute Gasteiger partial charge is 0.366 e. The van der Waals surface area contributed by atoms with Crippen LogP contribution in [0.15, 0.2) is 18.3 Å². The minimum Gasteiger partial charge on any atom is -0.366 e. The molecule has 84 valence electrons. The number of rotatable bonds is 2. The lowest BCUT2D eigenvalue weighted by Gasteiger charge is -2.27. The quantitative estimate of drug-likeness (QED) is 0.788. The second kappa shape index (κ2) is 4.95. The molecule has 1 aromatic rings. The Bertz CT molecular complexity index is 388. The maximum Gasteiger partial charge on any atom is 0.144 e. The van der Waals surface area contributed by atoms with E-state index in [9.17, 15) is 0 Å². The summed E-state index contributed by atoms with van der Waals surface area (Å²) in [5.74, 6) is 0.700. The average Bonchev–Trinajstić information content (AvgIpc) is 2.33. The molecule has 0 aliphatic heterocycles. The van der Waals surface area contributed by atoms with Gasteiger partial charge in [-0.05, 0) is 37.8 Å². The summed E-state index contributed by atoms with van der Waals surface area (Å²) in [6, 6.07) is 6.45. The second-order valence-electron chi connectivity index (χ2n) is 4.27. The SMILES string of the molecule is N#Cc1cccnc1NC1CCC(N)CC1. The van der Waals surface area contributed by atoms with E-state index in [1.807, 2.05) is 0 Å². The molecule has 1 aliphatic rings. The summed E-state index contributed by atoms with van der Waals surface area (Å²) < 4.78 is 0. The summed E-state index contributed by atoms with van der Waals surface area (Å²) in [5, 5.41) is 12.3. The summed E-state index contributed by atoms with van der Waals surface area (Å²) in [6.07, 6.45) is 5.92. The zero-order chi connectivity index (χ0) is 11.4. The van der Waals surface area contributed by atoms with E-state index in [-0.39, 0.29) is 0 Å². The smallest absolute Gasteiger partial charge is 0.144 e. The van der Waals surface area contributed by atoms with Crippen molar-refractivity contribution >= 4 is 5.82 Å². The van der Waals surface area contributed by atoms with Crippen LogP contribution in [0.1, 0.15) is 31.2 Å². The Balaban J connectivity index is 2.01. The fraction of sp³-hybridized carbons (Fsp3) is 0.500. The Morgan fingerprint density at radius 3 is 2.81 bits per heavy atom. The van der Waals surface area contributed by atoms with Crippen LogP contribution in [0.3, 0.4) is 0 Å². The summed E-state index contributed by atoms with van der Waals surface area (Å²) in [4.78, 5) is 4.20. The molecule has 0 saturated heterocycles. The molecule has 1 saturated carbocycles. The Hall–Kier alpha value is -1.60. The van der Waals surface area contributed by atoms with E-state index >= 15 is 0 Å². The van der Waals surface area contributed by atoms with Crippen LogP contribution in [0, 0.1) is 11.3 Å². The normalized spacial score (nSPS) is 24.8. The van der Waals surface area contributed by atoms with Crippen LogP contribution in [-0.2, 0) is 0 Å². The van der Waals surface area contributed by atoms with E-state index in [1.165, 1.54) is 0 Å². The van der Waals surface area contributed by atoms with Crippen molar-refractivity contribution in [2.24, 2.45) is 5.73 Å². The molecule has 0 spiro atoms. The molecule has 0 aromatic carbocycles. The van der Waals surface area contributed by atoms with Crippen LogP contribution in [0.5, 0.6) is 0 Å². The zero-order valence-electron chi connectivity index (χ0n) is 9.19. The predicted molar refractivity (Wildman–Crippen MR) is 62.8 cm³/mol. The number of pyridine rings is 1. The summed E-state index contributed by atoms with van der Waals surface area (Å²) in [5.41, 5.74) is 6.46. The van der Waals surface area contributed by atoms with Gasteiger partial charge in [-0.15, -0.1) is 0 Å². The molecule has 3 N–H and O–H groups in total. The first-order valence-electron chi connectivity index (χ1n) is 5.67. The molecule has 16 heavy (non-hydrogen) atoms. The molecular weight excluding hydrogens is 200 g/mol. The van der Waals surface area contributed by atoms with Gasteiger partial charge in [-0.25, -0.2) is 4.98 Å². The third kappa shape index (κ3) is 2.50. The molecule has 0 radical (unpaired) electrons. The summed E-state index contributed by atoms with van der Waals surface area (Å²) in [6.45, 7) is 0. The van der Waals surface area contributed by atoms with E-state index in [0.717, 1.165) is 25.7 Å². The lowest BCUT2D eigenvalue weighted by Crippen LogP contribution is -2.33. The Kier molecular flexibility index (Phi) is 3.37. The molecule has 0 amide bonds. The van der Waals surface area contributed by atoms with Crippen LogP contribution in [0.2, 0.25) is 0 Å². The van der Waals surface area contributed by atoms with Crippen LogP contribution in [-0.4, -0.2) is 17.1 Å². The molecule has 0 unspecified atom stereocenters. The van der Waals surface area contributed by atoms with E-state index in [2.05, 4.69) is 16.4 Å². The molecule has 2 rings (SSSR count). The van der Waals surface area contributed by atoms with E-state index in [1.54, 1.807) is 18.3 Å². The van der Waals surface area contributed by atoms with Gasteiger partial charge in [0.25, 0.3) is 0 Å². The molecule has 1 aromatic heterocycles. The first kappa shape index (κ1) is 10.9. The van der Waals surface area contributed by atoms with Crippen molar-refractivity contribution in [2.75, 3.05) is 5.32 Å². The van der Waals surface area contributed by atoms with Crippen LogP contribution in [0.4, 0.5) is 5.82 Å². The minimum atomic E-state index is 0.345. The lowest BCUT2D eigenvalue weighted by atomic mass is 9.92. The maximum atomic E-state index is 8.94. The highest BCUT2D eigenvalue weighted by molar-refractivity contribution is 5.51. The molecule has 4 heteroatoms. The fourth-order valence-corrected chi connectivity index (χ4v) is 2.07. The molecule has 1 aliphatic carbocycles. The number of nitriles is 1. The van der Waals surface area contributed by atoms with E-state index in [0.29, 0.717) is 23.5 Å². The molecular formula is C12H16N4. The second-order valence-corrected chi connectivity index (χ2v) is 4.27. The van der Waals surface area contributed by atoms with Gasteiger partial charge in [0.15, 0.2) is 0 Å². The fourth-order valence-electron chi connectivity index (χ4n) is 2.07. The first-order valence-corrected chi connectivity index (χ1v) is 5.67. The summed E-state index contributed by atoms with van der Waals surface area (Å²) in [7, 11) is 0. The number of nitrogens with two attached hydrogens (primary N) is 1. The zero-order valence-corrected chi connectivity index (χ0v) is 9.19. The highest BCUT2D eigenvalue weighted by Gasteiger charge is 2.19. The van der Waals surface area contributed by atoms with E-state index in [4.69, 9.17) is 11.0 Å². The highest BCUT2D eigenvalue weighted by atomic mass is 15.0. The van der Waals surface area contributed by atoms with Gasteiger partial charge in [0.1, 0.15) is 11.9 Å². The van der Waals surface area contributed by atoms with Gasteiger partial charge in [0.05, 0.1) is 5.56 Å². The Labute approximate surface area is 95.5 Å². The Morgan fingerprint density at radius 1 is 1.38 bits per heavy atom. The number of nitrogens with one attached hydrogen (secondary N) is 1. The molecule has 1 fully saturated rings. The monoisotopic (exact) mass is 216 g/mol. The standard InChI is InChI=1S/C12H16N4/c13-8-9-2-1-7-15-12(9)16-11-5-3-10(14)4-6-11/h1-2,7,10-11H,3-6,14H2,(H,15,16). The van der Waals surface area contributed by atoms with Crippen LogP contribution in [0.25, 0.3) is 0 Å². The molecule has 0 bridgehead atoms. The number of hydrogen-bond acceptors (Lipinski definition) is 4. The number of aromatic nitrogens is 1. The van der Waals surface area contributed by atoms with Gasteiger partial charge in [-0.2, -0.15) is 5.26 Å². The topological polar surface area (TPSA) is 74.7 Å². The van der Waals surface area contributed by atoms with Gasteiger partial charge in [-0.1, -0.05) is 0 Å². The van der Waals surface area contributed by atoms with E-state index < -0.39 is 0 Å². The van der Waals surface area contributed by atoms with Gasteiger partial charge < -0.3 is 11.1 Å². The summed E-state index contributed by atoms with van der Waals surface area (Å²) >= 11 is 0. The number of nitrogens with zero attached hydrogens (tertiary/aromatic N) is 2. The highest BCUT2D eigenvalue weighted by Crippen LogP contribution is 2.21. The van der Waals surface area contributed by atoms with Crippen LogP contribution >= 0.6 is 0 Å². The Morgan fingerprint density at radius 2 is 2.12 bits per heavy atom. The predicted octanol–water partition coefficient (Wildman–Crippen LogP) is 1.64. The third-order valence-corrected chi connectivity index (χ3v) is 3.04. The molecule has 4 nitrogen and oxygen atoms in total. The van der Waals surface area contributed by atoms with Gasteiger partial charge in [0.2, 0.25) is 0 Å². The van der Waals surface area contributed by atoms with Crippen molar-refractivity contribution in [1.29, 1.82) is 5.26 Å². The average molecular weight is 216 g/mol. The van der Waals surface area contributed by atoms with Crippen LogP contribution < -0.4 is 11.1 Å². The number of hydrogen-bond donors (Lipinski definition) is 2. The number of anilines is 1. The van der Waals surface area contributed by atoms with Crippen molar-refractivity contribution in [3.05, 3.63) is 23.9 Å². The van der Waals surface area contributed by atoms with Gasteiger partial charge in [0, 0.05) is 18.3 Å². The van der Waals surface area contributed by atoms with Gasteiger partial charge in [-0.3, -0.25) is 0 Å². The van der Waals surface area contributed by atoms with Gasteiger partial charge >= 0.3 is 0 Å². The van der Waals surface area contributed by atoms with Crippen molar-refractivity contribution < 1.29 is 0 Å². The molecule has 1 heterocycles. The first-order chi connectivity index (χ1) is 7.79. The minimum absolute atomic E-state index is 0.345. The maximum absolute atomic E-state index is 8.94. The van der Waals surface area contributed by atoms with Crippen molar-refractivity contribution in [3.63, 3.8) is 0 Å².